The monoisotopic (exact) mass is 387 g/mol. The minimum atomic E-state index is -0.686. The third-order valence-electron chi connectivity index (χ3n) is 3.72. The Morgan fingerprint density at radius 2 is 1.79 bits per heavy atom. The van der Waals surface area contributed by atoms with Gasteiger partial charge in [0.1, 0.15) is 5.82 Å². The van der Waals surface area contributed by atoms with Crippen molar-refractivity contribution in [2.75, 3.05) is 20.3 Å². The molecule has 28 heavy (non-hydrogen) atoms. The second-order valence-electron chi connectivity index (χ2n) is 5.83. The average molecular weight is 387 g/mol. The van der Waals surface area contributed by atoms with Crippen LogP contribution in [0, 0.1) is 5.82 Å². The van der Waals surface area contributed by atoms with E-state index in [1.807, 2.05) is 6.07 Å². The molecule has 0 radical (unpaired) electrons. The molecule has 0 spiro atoms. The molecule has 0 aliphatic carbocycles. The molecule has 0 aliphatic heterocycles. The number of benzene rings is 2. The molecule has 2 aromatic carbocycles. The number of hydrogen-bond acceptors (Lipinski definition) is 5. The van der Waals surface area contributed by atoms with Gasteiger partial charge in [0, 0.05) is 6.54 Å². The van der Waals surface area contributed by atoms with E-state index in [2.05, 4.69) is 11.9 Å². The van der Waals surface area contributed by atoms with E-state index < -0.39 is 18.5 Å². The zero-order valence-electron chi connectivity index (χ0n) is 15.6. The van der Waals surface area contributed by atoms with Gasteiger partial charge in [-0.15, -0.1) is 6.58 Å². The fraction of sp³-hybridized carbons (Fsp3) is 0.238. The summed E-state index contributed by atoms with van der Waals surface area (Å²) in [6.07, 6.45) is 2.46. The lowest BCUT2D eigenvalue weighted by molar-refractivity contribution is -0.150. The highest BCUT2D eigenvalue weighted by molar-refractivity contribution is 5.80. The Balaban J connectivity index is 1.74. The zero-order valence-corrected chi connectivity index (χ0v) is 15.6. The van der Waals surface area contributed by atoms with Crippen LogP contribution in [0.1, 0.15) is 11.1 Å². The smallest absolute Gasteiger partial charge is 0.344 e. The third-order valence-corrected chi connectivity index (χ3v) is 3.72. The van der Waals surface area contributed by atoms with Gasteiger partial charge in [-0.2, -0.15) is 0 Å². The molecule has 0 aromatic heterocycles. The quantitative estimate of drug-likeness (QED) is 0.501. The number of hydrogen-bond donors (Lipinski definition) is 1. The van der Waals surface area contributed by atoms with Gasteiger partial charge in [0.05, 0.1) is 7.11 Å². The van der Waals surface area contributed by atoms with E-state index in [4.69, 9.17) is 14.2 Å². The number of halogens is 1. The second-order valence-corrected chi connectivity index (χ2v) is 5.83. The molecule has 0 unspecified atom stereocenters. The SMILES string of the molecule is C=CCc1ccc(OCC(=O)OCC(=O)NCc2ccc(F)cc2)c(OC)c1. The Morgan fingerprint density at radius 1 is 1.07 bits per heavy atom. The fourth-order valence-electron chi connectivity index (χ4n) is 2.30. The topological polar surface area (TPSA) is 73.9 Å². The van der Waals surface area contributed by atoms with Crippen molar-refractivity contribution in [3.05, 3.63) is 72.1 Å². The summed E-state index contributed by atoms with van der Waals surface area (Å²) in [5.74, 6) is -0.619. The lowest BCUT2D eigenvalue weighted by atomic mass is 10.1. The molecule has 2 rings (SSSR count). The maximum Gasteiger partial charge on any atom is 0.344 e. The molecule has 0 fully saturated rings. The van der Waals surface area contributed by atoms with E-state index in [-0.39, 0.29) is 19.0 Å². The first kappa shape index (κ1) is 21.0. The van der Waals surface area contributed by atoms with Crippen LogP contribution in [0.25, 0.3) is 0 Å². The molecular formula is C21H22FNO5. The summed E-state index contributed by atoms with van der Waals surface area (Å²) < 4.78 is 28.4. The van der Waals surface area contributed by atoms with Crippen molar-refractivity contribution in [1.29, 1.82) is 0 Å². The Hall–Kier alpha value is -3.35. The first-order valence-corrected chi connectivity index (χ1v) is 8.59. The Bertz CT molecular complexity index is 820. The summed E-state index contributed by atoms with van der Waals surface area (Å²) in [5.41, 5.74) is 1.73. The number of rotatable bonds is 10. The summed E-state index contributed by atoms with van der Waals surface area (Å²) in [5, 5.41) is 2.58. The first-order valence-electron chi connectivity index (χ1n) is 8.59. The van der Waals surface area contributed by atoms with E-state index in [9.17, 15) is 14.0 Å². The molecule has 1 amide bonds. The number of methoxy groups -OCH3 is 1. The van der Waals surface area contributed by atoms with Gasteiger partial charge in [0.2, 0.25) is 0 Å². The number of allylic oxidation sites excluding steroid dienone is 1. The number of ether oxygens (including phenoxy) is 3. The number of carbonyl (C=O) groups is 2. The number of esters is 1. The molecule has 148 valence electrons. The van der Waals surface area contributed by atoms with Crippen molar-refractivity contribution >= 4 is 11.9 Å². The number of carbonyl (C=O) groups excluding carboxylic acids is 2. The first-order chi connectivity index (χ1) is 13.5. The highest BCUT2D eigenvalue weighted by Crippen LogP contribution is 2.28. The van der Waals surface area contributed by atoms with Gasteiger partial charge >= 0.3 is 5.97 Å². The molecule has 0 heterocycles. The molecular weight excluding hydrogens is 365 g/mol. The maximum absolute atomic E-state index is 12.8. The van der Waals surface area contributed by atoms with Crippen LogP contribution in [0.15, 0.2) is 55.1 Å². The number of nitrogens with one attached hydrogen (secondary N) is 1. The van der Waals surface area contributed by atoms with Gasteiger partial charge in [0.15, 0.2) is 24.7 Å². The van der Waals surface area contributed by atoms with Gasteiger partial charge < -0.3 is 19.5 Å². The van der Waals surface area contributed by atoms with Gasteiger partial charge in [-0.1, -0.05) is 24.3 Å². The third kappa shape index (κ3) is 6.75. The van der Waals surface area contributed by atoms with Crippen LogP contribution >= 0.6 is 0 Å². The standard InChI is InChI=1S/C21H22FNO5/c1-3-4-15-7-10-18(19(11-15)26-2)27-14-21(25)28-13-20(24)23-12-16-5-8-17(22)9-6-16/h3,5-11H,1,4,12-14H2,2H3,(H,23,24). The average Bonchev–Trinajstić information content (AvgIpc) is 2.71. The summed E-state index contributed by atoms with van der Waals surface area (Å²) in [6.45, 7) is 3.10. The lowest BCUT2D eigenvalue weighted by Gasteiger charge is -2.12. The molecule has 0 saturated heterocycles. The molecule has 6 nitrogen and oxygen atoms in total. The molecule has 0 atom stereocenters. The summed E-state index contributed by atoms with van der Waals surface area (Å²) in [4.78, 5) is 23.5. The fourth-order valence-corrected chi connectivity index (χ4v) is 2.30. The molecule has 7 heteroatoms. The van der Waals surface area contributed by atoms with Crippen molar-refractivity contribution in [1.82, 2.24) is 5.32 Å². The summed E-state index contributed by atoms with van der Waals surface area (Å²) in [7, 11) is 1.50. The normalized spacial score (nSPS) is 10.1. The van der Waals surface area contributed by atoms with Gasteiger partial charge in [-0.3, -0.25) is 4.79 Å². The van der Waals surface area contributed by atoms with Crippen LogP contribution in [0.2, 0.25) is 0 Å². The van der Waals surface area contributed by atoms with Crippen LogP contribution in [0.4, 0.5) is 4.39 Å². The highest BCUT2D eigenvalue weighted by atomic mass is 19.1. The van der Waals surface area contributed by atoms with Gasteiger partial charge in [-0.25, -0.2) is 9.18 Å². The van der Waals surface area contributed by atoms with Crippen molar-refractivity contribution in [3.8, 4) is 11.5 Å². The van der Waals surface area contributed by atoms with Crippen LogP contribution < -0.4 is 14.8 Å². The summed E-state index contributed by atoms with van der Waals surface area (Å²) >= 11 is 0. The van der Waals surface area contributed by atoms with Crippen LogP contribution in [-0.2, 0) is 27.3 Å². The predicted octanol–water partition coefficient (Wildman–Crippen LogP) is 2.80. The van der Waals surface area contributed by atoms with E-state index in [1.54, 1.807) is 30.3 Å². The second kappa shape index (κ2) is 10.7. The predicted molar refractivity (Wildman–Crippen MR) is 102 cm³/mol. The molecule has 0 aliphatic rings. The molecule has 1 N–H and O–H groups in total. The minimum Gasteiger partial charge on any atom is -0.493 e. The van der Waals surface area contributed by atoms with Crippen LogP contribution in [0.5, 0.6) is 11.5 Å². The number of amides is 1. The minimum absolute atomic E-state index is 0.210. The maximum atomic E-state index is 12.8. The van der Waals surface area contributed by atoms with Crippen molar-refractivity contribution in [2.45, 2.75) is 13.0 Å². The molecule has 0 saturated carbocycles. The zero-order chi connectivity index (χ0) is 20.4. The van der Waals surface area contributed by atoms with E-state index in [0.717, 1.165) is 11.1 Å². The van der Waals surface area contributed by atoms with Crippen molar-refractivity contribution in [2.24, 2.45) is 0 Å². The Kier molecular flexibility index (Phi) is 8.02. The van der Waals surface area contributed by atoms with E-state index in [1.165, 1.54) is 19.2 Å². The van der Waals surface area contributed by atoms with Gasteiger partial charge in [0.25, 0.3) is 5.91 Å². The highest BCUT2D eigenvalue weighted by Gasteiger charge is 2.11. The lowest BCUT2D eigenvalue weighted by Crippen LogP contribution is -2.29. The molecule has 2 aromatic rings. The van der Waals surface area contributed by atoms with Crippen LogP contribution in [-0.4, -0.2) is 32.2 Å². The van der Waals surface area contributed by atoms with Gasteiger partial charge in [-0.05, 0) is 41.8 Å². The van der Waals surface area contributed by atoms with Crippen molar-refractivity contribution in [3.63, 3.8) is 0 Å². The van der Waals surface area contributed by atoms with E-state index in [0.29, 0.717) is 17.9 Å². The Labute approximate surface area is 162 Å². The van der Waals surface area contributed by atoms with E-state index >= 15 is 0 Å². The largest absolute Gasteiger partial charge is 0.493 e. The van der Waals surface area contributed by atoms with Crippen molar-refractivity contribution < 1.29 is 28.2 Å². The molecule has 0 bridgehead atoms. The van der Waals surface area contributed by atoms with Crippen LogP contribution in [0.3, 0.4) is 0 Å². The summed E-state index contributed by atoms with van der Waals surface area (Å²) in [6, 6.07) is 11.1. The Morgan fingerprint density at radius 3 is 2.46 bits per heavy atom.